The van der Waals surface area contributed by atoms with E-state index in [-0.39, 0.29) is 5.92 Å². The number of hydrogen-bond donors (Lipinski definition) is 1. The van der Waals surface area contributed by atoms with Crippen molar-refractivity contribution in [3.8, 4) is 17.6 Å². The van der Waals surface area contributed by atoms with Gasteiger partial charge in [0.1, 0.15) is 12.4 Å². The Morgan fingerprint density at radius 1 is 1.38 bits per heavy atom. The monoisotopic (exact) mass is 504 g/mol. The molecule has 0 heterocycles. The summed E-state index contributed by atoms with van der Waals surface area (Å²) < 4.78 is 22.8. The second kappa shape index (κ2) is 12.5. The highest BCUT2D eigenvalue weighted by atomic mass is 79.9. The Morgan fingerprint density at radius 2 is 2.16 bits per heavy atom. The smallest absolute Gasteiger partial charge is 0.333 e. The molecule has 3 atom stereocenters. The number of carboxylic acid groups (broad SMARTS) is 1. The van der Waals surface area contributed by atoms with Crippen LogP contribution in [0.5, 0.6) is 5.75 Å². The Morgan fingerprint density at radius 3 is 2.78 bits per heavy atom. The first-order valence-corrected chi connectivity index (χ1v) is 11.1. The van der Waals surface area contributed by atoms with E-state index in [2.05, 4.69) is 27.8 Å². The molecule has 1 aromatic rings. The zero-order chi connectivity index (χ0) is 23.6. The van der Waals surface area contributed by atoms with E-state index < -0.39 is 17.7 Å². The summed E-state index contributed by atoms with van der Waals surface area (Å²) in [5.41, 5.74) is 0.150. The van der Waals surface area contributed by atoms with Crippen molar-refractivity contribution >= 4 is 21.9 Å². The summed E-state index contributed by atoms with van der Waals surface area (Å²) in [5.74, 6) is 6.31. The second-order valence-corrected chi connectivity index (χ2v) is 8.00. The topological polar surface area (TPSA) is 74.2 Å². The Kier molecular flexibility index (Phi) is 10.0. The molecule has 0 spiro atoms. The third-order valence-corrected chi connectivity index (χ3v) is 5.68. The van der Waals surface area contributed by atoms with E-state index in [9.17, 15) is 9.90 Å². The van der Waals surface area contributed by atoms with Crippen molar-refractivity contribution in [1.82, 2.24) is 0 Å². The van der Waals surface area contributed by atoms with Crippen LogP contribution >= 0.6 is 15.9 Å². The minimum absolute atomic E-state index is 0.302. The zero-order valence-corrected chi connectivity index (χ0v) is 20.3. The van der Waals surface area contributed by atoms with Crippen LogP contribution in [0.4, 0.5) is 0 Å². The second-order valence-electron chi connectivity index (χ2n) is 7.14. The molecule has 6 nitrogen and oxygen atoms in total. The highest BCUT2D eigenvalue weighted by Gasteiger charge is 2.28. The van der Waals surface area contributed by atoms with Gasteiger partial charge in [-0.3, -0.25) is 0 Å². The lowest BCUT2D eigenvalue weighted by Crippen LogP contribution is -2.29. The lowest BCUT2D eigenvalue weighted by Gasteiger charge is -2.26. The molecular formula is C25H29BrO6. The van der Waals surface area contributed by atoms with Crippen LogP contribution in [0.1, 0.15) is 31.7 Å². The number of methoxy groups -OCH3 is 2. The van der Waals surface area contributed by atoms with Gasteiger partial charge in [0.25, 0.3) is 0 Å². The molecule has 1 aliphatic rings. The molecule has 2 rings (SSSR count). The maximum absolute atomic E-state index is 11.5. The van der Waals surface area contributed by atoms with E-state index in [4.69, 9.17) is 18.9 Å². The van der Waals surface area contributed by atoms with Crippen molar-refractivity contribution in [2.24, 2.45) is 0 Å². The fraction of sp³-hybridized carbons (Fsp3) is 0.400. The first-order valence-electron chi connectivity index (χ1n) is 10.3. The van der Waals surface area contributed by atoms with Crippen LogP contribution in [0.25, 0.3) is 0 Å². The van der Waals surface area contributed by atoms with Gasteiger partial charge < -0.3 is 24.1 Å². The van der Waals surface area contributed by atoms with E-state index in [1.807, 2.05) is 49.4 Å². The number of hydrogen-bond acceptors (Lipinski definition) is 5. The van der Waals surface area contributed by atoms with Crippen LogP contribution in [0.2, 0.25) is 0 Å². The third-order valence-electron chi connectivity index (χ3n) is 5.06. The minimum atomic E-state index is -0.976. The largest absolute Gasteiger partial charge is 0.501 e. The van der Waals surface area contributed by atoms with Gasteiger partial charge >= 0.3 is 5.97 Å². The van der Waals surface area contributed by atoms with Crippen LogP contribution < -0.4 is 4.74 Å². The molecular weight excluding hydrogens is 476 g/mol. The standard InChI is InChI=1S/C25H29BrO6/c1-5-31-23(24(27)28)18(2)19-11-12-22(21(26)16-19)32-15-8-6-7-13-25(30-4)14-9-10-20(17-25)29-3/h6,8-12,14,16,18,23H,5,15,17H2,1-4H3,(H,27,28)/b8-6-/t18?,23-,25?/m0/s1. The summed E-state index contributed by atoms with van der Waals surface area (Å²) in [6.45, 7) is 4.28. The van der Waals surface area contributed by atoms with Crippen molar-refractivity contribution in [2.45, 2.75) is 37.9 Å². The van der Waals surface area contributed by atoms with Gasteiger partial charge in [0.15, 0.2) is 11.7 Å². The van der Waals surface area contributed by atoms with E-state index in [0.717, 1.165) is 15.8 Å². The molecule has 0 radical (unpaired) electrons. The van der Waals surface area contributed by atoms with E-state index in [1.165, 1.54) is 0 Å². The summed E-state index contributed by atoms with van der Waals surface area (Å²) in [4.78, 5) is 11.5. The van der Waals surface area contributed by atoms with Gasteiger partial charge in [-0.15, -0.1) is 0 Å². The summed E-state index contributed by atoms with van der Waals surface area (Å²) in [5, 5.41) is 9.39. The number of carboxylic acids is 1. The van der Waals surface area contributed by atoms with Crippen molar-refractivity contribution in [2.75, 3.05) is 27.4 Å². The Labute approximate surface area is 198 Å². The van der Waals surface area contributed by atoms with Crippen LogP contribution in [-0.2, 0) is 19.0 Å². The molecule has 0 saturated carbocycles. The van der Waals surface area contributed by atoms with Crippen LogP contribution in [-0.4, -0.2) is 50.2 Å². The molecule has 32 heavy (non-hydrogen) atoms. The Balaban J connectivity index is 1.96. The summed E-state index contributed by atoms with van der Waals surface area (Å²) in [6, 6.07) is 5.52. The summed E-state index contributed by atoms with van der Waals surface area (Å²) in [7, 11) is 3.25. The van der Waals surface area contributed by atoms with Crippen LogP contribution in [0.15, 0.2) is 58.8 Å². The Bertz CT molecular complexity index is 939. The lowest BCUT2D eigenvalue weighted by molar-refractivity contribution is -0.151. The number of benzene rings is 1. The number of rotatable bonds is 10. The SMILES string of the molecule is CCO[C@H](C(=O)O)C(C)c1ccc(OC/C=C\C#CC2(OC)C=CC=C(OC)C2)c(Br)c1. The van der Waals surface area contributed by atoms with Crippen molar-refractivity contribution < 1.29 is 28.8 Å². The number of ether oxygens (including phenoxy) is 4. The fourth-order valence-corrected chi connectivity index (χ4v) is 3.73. The van der Waals surface area contributed by atoms with E-state index >= 15 is 0 Å². The average molecular weight is 505 g/mol. The molecule has 0 fully saturated rings. The first kappa shape index (κ1) is 25.7. The van der Waals surface area contributed by atoms with Crippen LogP contribution in [0, 0.1) is 11.8 Å². The molecule has 2 unspecified atom stereocenters. The van der Waals surface area contributed by atoms with Crippen molar-refractivity contribution in [1.29, 1.82) is 0 Å². The molecule has 0 aliphatic heterocycles. The highest BCUT2D eigenvalue weighted by Crippen LogP contribution is 2.31. The molecule has 0 saturated heterocycles. The van der Waals surface area contributed by atoms with Gasteiger partial charge in [0.2, 0.25) is 0 Å². The maximum atomic E-state index is 11.5. The molecule has 1 aliphatic carbocycles. The molecule has 1 N–H and O–H groups in total. The lowest BCUT2D eigenvalue weighted by atomic mass is 9.94. The predicted molar refractivity (Wildman–Crippen MR) is 127 cm³/mol. The molecule has 172 valence electrons. The van der Waals surface area contributed by atoms with Gasteiger partial charge in [-0.2, -0.15) is 0 Å². The highest BCUT2D eigenvalue weighted by molar-refractivity contribution is 9.10. The number of halogens is 1. The summed E-state index contributed by atoms with van der Waals surface area (Å²) in [6.07, 6.45) is 8.88. The predicted octanol–water partition coefficient (Wildman–Crippen LogP) is 4.86. The first-order chi connectivity index (χ1) is 15.4. The maximum Gasteiger partial charge on any atom is 0.333 e. The quantitative estimate of drug-likeness (QED) is 0.458. The van der Waals surface area contributed by atoms with Gasteiger partial charge in [-0.05, 0) is 64.9 Å². The molecule has 7 heteroatoms. The van der Waals surface area contributed by atoms with E-state index in [1.54, 1.807) is 27.2 Å². The molecule has 0 bridgehead atoms. The van der Waals surface area contributed by atoms with Gasteiger partial charge in [0.05, 0.1) is 17.3 Å². The van der Waals surface area contributed by atoms with Crippen molar-refractivity contribution in [3.05, 3.63) is 64.4 Å². The number of aliphatic carboxylic acids is 1. The average Bonchev–Trinajstić information content (AvgIpc) is 2.80. The van der Waals surface area contributed by atoms with Gasteiger partial charge in [0, 0.05) is 26.1 Å². The molecule has 0 amide bonds. The minimum Gasteiger partial charge on any atom is -0.501 e. The van der Waals surface area contributed by atoms with Gasteiger partial charge in [-0.1, -0.05) is 30.9 Å². The zero-order valence-electron chi connectivity index (χ0n) is 18.8. The Hall–Kier alpha value is -2.53. The number of allylic oxidation sites excluding steroid dienone is 3. The normalized spacial score (nSPS) is 19.6. The van der Waals surface area contributed by atoms with Crippen LogP contribution in [0.3, 0.4) is 0 Å². The molecule has 1 aromatic carbocycles. The van der Waals surface area contributed by atoms with Gasteiger partial charge in [-0.25, -0.2) is 4.79 Å². The van der Waals surface area contributed by atoms with E-state index in [0.29, 0.717) is 25.4 Å². The third kappa shape index (κ3) is 6.99. The fourth-order valence-electron chi connectivity index (χ4n) is 3.21. The summed E-state index contributed by atoms with van der Waals surface area (Å²) >= 11 is 3.50. The molecule has 0 aromatic heterocycles. The number of carbonyl (C=O) groups is 1. The van der Waals surface area contributed by atoms with Crippen molar-refractivity contribution in [3.63, 3.8) is 0 Å².